The van der Waals surface area contributed by atoms with Crippen LogP contribution in [0.5, 0.6) is 0 Å². The maximum Gasteiger partial charge on any atom is 0.418 e. The molecule has 1 N–H and O–H groups in total. The Hall–Kier alpha value is -0.750. The number of nitrogens with zero attached hydrogens (tertiary/aromatic N) is 2. The number of rotatable bonds is 2. The van der Waals surface area contributed by atoms with Gasteiger partial charge in [0, 0.05) is 6.20 Å². The lowest BCUT2D eigenvalue weighted by Crippen LogP contribution is -2.45. The summed E-state index contributed by atoms with van der Waals surface area (Å²) in [5, 5.41) is 12.8. The molecule has 0 aliphatic rings. The van der Waals surface area contributed by atoms with Gasteiger partial charge in [-0.05, 0) is 6.92 Å². The van der Waals surface area contributed by atoms with E-state index in [1.807, 2.05) is 0 Å². The number of aromatic nitrogens is 2. The van der Waals surface area contributed by atoms with Crippen LogP contribution in [0.2, 0.25) is 5.02 Å². The first kappa shape index (κ1) is 11.3. The molecule has 0 radical (unpaired) electrons. The molecular formula is C7H8ClF3N2O. The van der Waals surface area contributed by atoms with Crippen LogP contribution in [0.1, 0.15) is 6.92 Å². The van der Waals surface area contributed by atoms with Crippen LogP contribution in [0.25, 0.3) is 0 Å². The fourth-order valence-corrected chi connectivity index (χ4v) is 0.986. The molecule has 7 heteroatoms. The molecule has 1 aromatic heterocycles. The molecule has 1 rings (SSSR count). The number of alkyl halides is 3. The van der Waals surface area contributed by atoms with Crippen molar-refractivity contribution in [2.45, 2.75) is 25.2 Å². The van der Waals surface area contributed by atoms with Crippen LogP contribution in [-0.2, 0) is 6.54 Å². The average Bonchev–Trinajstić information content (AvgIpc) is 2.31. The van der Waals surface area contributed by atoms with Gasteiger partial charge in [-0.25, -0.2) is 0 Å². The third-order valence-corrected chi connectivity index (χ3v) is 1.88. The minimum atomic E-state index is -4.69. The lowest BCUT2D eigenvalue weighted by Gasteiger charge is -2.25. The zero-order valence-corrected chi connectivity index (χ0v) is 7.97. The third-order valence-electron chi connectivity index (χ3n) is 1.68. The van der Waals surface area contributed by atoms with Crippen molar-refractivity contribution in [1.82, 2.24) is 9.78 Å². The molecule has 0 saturated carbocycles. The largest absolute Gasteiger partial charge is 0.418 e. The van der Waals surface area contributed by atoms with Crippen molar-refractivity contribution in [3.8, 4) is 0 Å². The molecule has 0 aliphatic heterocycles. The van der Waals surface area contributed by atoms with Gasteiger partial charge in [0.2, 0.25) is 0 Å². The van der Waals surface area contributed by atoms with Crippen LogP contribution < -0.4 is 0 Å². The summed E-state index contributed by atoms with van der Waals surface area (Å²) < 4.78 is 37.5. The molecule has 1 atom stereocenters. The fourth-order valence-electron chi connectivity index (χ4n) is 0.830. The number of halogens is 4. The highest BCUT2D eigenvalue weighted by molar-refractivity contribution is 6.30. The highest BCUT2D eigenvalue weighted by Crippen LogP contribution is 2.31. The van der Waals surface area contributed by atoms with Crippen molar-refractivity contribution < 1.29 is 18.3 Å². The van der Waals surface area contributed by atoms with Crippen molar-refractivity contribution in [3.05, 3.63) is 17.4 Å². The second-order valence-corrected chi connectivity index (χ2v) is 3.56. The van der Waals surface area contributed by atoms with Crippen LogP contribution in [0, 0.1) is 0 Å². The van der Waals surface area contributed by atoms with E-state index in [0.717, 1.165) is 4.68 Å². The molecule has 80 valence electrons. The standard InChI is InChI=1S/C7H8ClF3N2O/c1-6(14,7(9,10)11)4-13-3-5(8)2-12-13/h2-3,14H,4H2,1H3/t6-/m0/s1. The molecule has 14 heavy (non-hydrogen) atoms. The van der Waals surface area contributed by atoms with Crippen molar-refractivity contribution in [2.75, 3.05) is 0 Å². The van der Waals surface area contributed by atoms with Crippen molar-refractivity contribution in [3.63, 3.8) is 0 Å². The number of aliphatic hydroxyl groups is 1. The molecule has 0 bridgehead atoms. The number of hydrogen-bond donors (Lipinski definition) is 1. The van der Waals surface area contributed by atoms with Crippen molar-refractivity contribution >= 4 is 11.6 Å². The van der Waals surface area contributed by atoms with Gasteiger partial charge in [0.1, 0.15) is 0 Å². The Kier molecular flexibility index (Phi) is 2.78. The topological polar surface area (TPSA) is 38.0 Å². The van der Waals surface area contributed by atoms with Gasteiger partial charge < -0.3 is 5.11 Å². The molecule has 0 aliphatic carbocycles. The van der Waals surface area contributed by atoms with Crippen molar-refractivity contribution in [1.29, 1.82) is 0 Å². The predicted octanol–water partition coefficient (Wildman–Crippen LogP) is 1.85. The van der Waals surface area contributed by atoms with E-state index >= 15 is 0 Å². The van der Waals surface area contributed by atoms with Gasteiger partial charge in [-0.2, -0.15) is 18.3 Å². The van der Waals surface area contributed by atoms with Crippen molar-refractivity contribution in [2.24, 2.45) is 0 Å². The molecule has 0 amide bonds. The van der Waals surface area contributed by atoms with E-state index in [4.69, 9.17) is 16.7 Å². The SMILES string of the molecule is C[C@](O)(Cn1cc(Cl)cn1)C(F)(F)F. The third kappa shape index (κ3) is 2.39. The Morgan fingerprint density at radius 2 is 2.14 bits per heavy atom. The van der Waals surface area contributed by atoms with Crippen LogP contribution >= 0.6 is 11.6 Å². The lowest BCUT2D eigenvalue weighted by molar-refractivity contribution is -0.258. The molecule has 1 heterocycles. The molecule has 0 fully saturated rings. The highest BCUT2D eigenvalue weighted by atomic mass is 35.5. The Balaban J connectivity index is 2.78. The summed E-state index contributed by atoms with van der Waals surface area (Å²) in [5.74, 6) is 0. The second-order valence-electron chi connectivity index (χ2n) is 3.13. The summed E-state index contributed by atoms with van der Waals surface area (Å²) in [6.45, 7) is 0.00576. The van der Waals surface area contributed by atoms with Gasteiger partial charge in [0.05, 0.1) is 17.8 Å². The molecule has 0 aromatic carbocycles. The zero-order valence-electron chi connectivity index (χ0n) is 7.22. The minimum Gasteiger partial charge on any atom is -0.379 e. The van der Waals surface area contributed by atoms with Crippen LogP contribution in [0.4, 0.5) is 13.2 Å². The van der Waals surface area contributed by atoms with E-state index in [1.165, 1.54) is 12.4 Å². The first-order valence-electron chi connectivity index (χ1n) is 3.69. The maximum atomic E-state index is 12.2. The molecule has 0 spiro atoms. The van der Waals surface area contributed by atoms with Crippen LogP contribution in [-0.4, -0.2) is 26.7 Å². The summed E-state index contributed by atoms with van der Waals surface area (Å²) >= 11 is 5.46. The Bertz CT molecular complexity index is 321. The van der Waals surface area contributed by atoms with Gasteiger partial charge in [-0.3, -0.25) is 4.68 Å². The van der Waals surface area contributed by atoms with E-state index in [9.17, 15) is 13.2 Å². The first-order valence-corrected chi connectivity index (χ1v) is 4.07. The Morgan fingerprint density at radius 3 is 2.50 bits per heavy atom. The molecule has 3 nitrogen and oxygen atoms in total. The monoisotopic (exact) mass is 228 g/mol. The summed E-state index contributed by atoms with van der Waals surface area (Å²) in [7, 11) is 0. The van der Waals surface area contributed by atoms with E-state index in [-0.39, 0.29) is 5.02 Å². The van der Waals surface area contributed by atoms with Gasteiger partial charge in [-0.15, -0.1) is 0 Å². The maximum absolute atomic E-state index is 12.2. The summed E-state index contributed by atoms with van der Waals surface area (Å²) in [4.78, 5) is 0. The molecule has 0 saturated heterocycles. The predicted molar refractivity (Wildman–Crippen MR) is 43.9 cm³/mol. The van der Waals surface area contributed by atoms with E-state index in [1.54, 1.807) is 0 Å². The number of hydrogen-bond acceptors (Lipinski definition) is 2. The Labute approximate surface area is 83.1 Å². The van der Waals surface area contributed by atoms with E-state index in [2.05, 4.69) is 5.10 Å². The zero-order chi connectivity index (χ0) is 11.0. The summed E-state index contributed by atoms with van der Waals surface area (Å²) in [6, 6.07) is 0. The average molecular weight is 229 g/mol. The van der Waals surface area contributed by atoms with Gasteiger partial charge in [-0.1, -0.05) is 11.6 Å². The summed E-state index contributed by atoms with van der Waals surface area (Å²) in [6.07, 6.45) is -2.28. The summed E-state index contributed by atoms with van der Waals surface area (Å²) in [5.41, 5.74) is -2.80. The lowest BCUT2D eigenvalue weighted by atomic mass is 10.1. The second kappa shape index (κ2) is 3.43. The first-order chi connectivity index (χ1) is 6.22. The molecule has 0 unspecified atom stereocenters. The van der Waals surface area contributed by atoms with E-state index < -0.39 is 18.3 Å². The Morgan fingerprint density at radius 1 is 1.57 bits per heavy atom. The molecular weight excluding hydrogens is 221 g/mol. The van der Waals surface area contributed by atoms with Crippen LogP contribution in [0.15, 0.2) is 12.4 Å². The van der Waals surface area contributed by atoms with E-state index in [0.29, 0.717) is 6.92 Å². The highest BCUT2D eigenvalue weighted by Gasteiger charge is 2.50. The normalized spacial score (nSPS) is 16.7. The van der Waals surface area contributed by atoms with Gasteiger partial charge >= 0.3 is 6.18 Å². The van der Waals surface area contributed by atoms with Crippen LogP contribution in [0.3, 0.4) is 0 Å². The quantitative estimate of drug-likeness (QED) is 0.839. The minimum absolute atomic E-state index is 0.225. The smallest absolute Gasteiger partial charge is 0.379 e. The molecule has 1 aromatic rings. The fraction of sp³-hybridized carbons (Fsp3) is 0.571. The van der Waals surface area contributed by atoms with Gasteiger partial charge in [0.25, 0.3) is 0 Å². The van der Waals surface area contributed by atoms with Gasteiger partial charge in [0.15, 0.2) is 5.60 Å².